The van der Waals surface area contributed by atoms with Crippen molar-refractivity contribution in [2.24, 2.45) is 0 Å². The molecule has 0 saturated heterocycles. The fraction of sp³-hybridized carbons (Fsp3) is 0.636. The van der Waals surface area contributed by atoms with E-state index in [4.69, 9.17) is 5.11 Å². The summed E-state index contributed by atoms with van der Waals surface area (Å²) in [6.45, 7) is 3.44. The number of ether oxygens (including phenoxy) is 1. The van der Waals surface area contributed by atoms with Crippen molar-refractivity contribution in [2.45, 2.75) is 26.7 Å². The van der Waals surface area contributed by atoms with Crippen LogP contribution >= 0.6 is 0 Å². The Balaban J connectivity index is 4.24. The van der Waals surface area contributed by atoms with Crippen molar-refractivity contribution >= 4 is 23.9 Å². The summed E-state index contributed by atoms with van der Waals surface area (Å²) in [6, 6.07) is -0.744. The van der Waals surface area contributed by atoms with Gasteiger partial charge in [0, 0.05) is 13.0 Å². The molecule has 108 valence electrons. The molecule has 19 heavy (non-hydrogen) atoms. The summed E-state index contributed by atoms with van der Waals surface area (Å²) in [5.41, 5.74) is 0. The molecule has 0 bridgehead atoms. The van der Waals surface area contributed by atoms with Crippen LogP contribution in [0, 0.1) is 0 Å². The van der Waals surface area contributed by atoms with Crippen molar-refractivity contribution in [3.05, 3.63) is 0 Å². The van der Waals surface area contributed by atoms with Gasteiger partial charge < -0.3 is 14.7 Å². The van der Waals surface area contributed by atoms with Crippen LogP contribution in [0.2, 0.25) is 0 Å². The first-order valence-electron chi connectivity index (χ1n) is 5.86. The fourth-order valence-electron chi connectivity index (χ4n) is 1.17. The summed E-state index contributed by atoms with van der Waals surface area (Å²) in [6.07, 6.45) is -0.652. The number of nitrogens with one attached hydrogen (secondary N) is 1. The van der Waals surface area contributed by atoms with E-state index in [2.05, 4.69) is 4.74 Å². The van der Waals surface area contributed by atoms with Gasteiger partial charge >= 0.3 is 18.0 Å². The molecule has 0 aromatic rings. The number of hydrogen-bond donors (Lipinski definition) is 2. The molecule has 0 atom stereocenters. The summed E-state index contributed by atoms with van der Waals surface area (Å²) < 4.78 is 4.69. The number of carboxylic acids is 1. The van der Waals surface area contributed by atoms with Gasteiger partial charge in [-0.15, -0.1) is 0 Å². The van der Waals surface area contributed by atoms with Gasteiger partial charge in [0.15, 0.2) is 0 Å². The van der Waals surface area contributed by atoms with E-state index in [0.29, 0.717) is 0 Å². The lowest BCUT2D eigenvalue weighted by atomic mass is 10.3. The Kier molecular flexibility index (Phi) is 7.90. The van der Waals surface area contributed by atoms with Crippen LogP contribution in [0.4, 0.5) is 4.79 Å². The molecule has 0 heterocycles. The van der Waals surface area contributed by atoms with Crippen LogP contribution in [-0.4, -0.2) is 53.6 Å². The maximum absolute atomic E-state index is 11.6. The zero-order valence-electron chi connectivity index (χ0n) is 11.0. The van der Waals surface area contributed by atoms with E-state index in [-0.39, 0.29) is 32.5 Å². The van der Waals surface area contributed by atoms with Crippen LogP contribution in [0.3, 0.4) is 0 Å². The zero-order valence-corrected chi connectivity index (χ0v) is 11.0. The number of carbonyl (C=O) groups is 4. The van der Waals surface area contributed by atoms with E-state index in [1.807, 2.05) is 5.32 Å². The number of rotatable bonds is 7. The number of hydrogen-bond acceptors (Lipinski definition) is 5. The number of nitrogens with zero attached hydrogens (tertiary/aromatic N) is 1. The highest BCUT2D eigenvalue weighted by molar-refractivity contribution is 5.96. The Hall–Kier alpha value is -2.12. The SMILES string of the molecule is CCOC(=O)CN(CC)C(=O)NC(=O)CCC(=O)O. The Bertz CT molecular complexity index is 355. The van der Waals surface area contributed by atoms with Gasteiger partial charge in [-0.3, -0.25) is 19.7 Å². The van der Waals surface area contributed by atoms with Crippen molar-refractivity contribution in [3.63, 3.8) is 0 Å². The maximum atomic E-state index is 11.6. The molecular formula is C11H18N2O6. The third-order valence-corrected chi connectivity index (χ3v) is 2.11. The number of carbonyl (C=O) groups excluding carboxylic acids is 3. The monoisotopic (exact) mass is 274 g/mol. The van der Waals surface area contributed by atoms with Crippen molar-refractivity contribution < 1.29 is 29.0 Å². The molecule has 3 amide bonds. The first-order valence-corrected chi connectivity index (χ1v) is 5.86. The predicted octanol–water partition coefficient (Wildman–Crippen LogP) is -0.0276. The van der Waals surface area contributed by atoms with Crippen molar-refractivity contribution in [1.82, 2.24) is 10.2 Å². The number of urea groups is 1. The number of likely N-dealkylation sites (N-methyl/N-ethyl adjacent to an activating group) is 1. The van der Waals surface area contributed by atoms with Crippen molar-refractivity contribution in [1.29, 1.82) is 0 Å². The molecule has 0 spiro atoms. The summed E-state index contributed by atoms with van der Waals surface area (Å²) in [4.78, 5) is 45.4. The standard InChI is InChI=1S/C11H18N2O6/c1-3-13(7-10(17)19-4-2)11(18)12-8(14)5-6-9(15)16/h3-7H2,1-2H3,(H,15,16)(H,12,14,18). The van der Waals surface area contributed by atoms with Crippen LogP contribution in [0.5, 0.6) is 0 Å². The van der Waals surface area contributed by atoms with E-state index in [1.165, 1.54) is 0 Å². The van der Waals surface area contributed by atoms with Gasteiger partial charge in [-0.2, -0.15) is 0 Å². The van der Waals surface area contributed by atoms with Crippen LogP contribution < -0.4 is 5.32 Å². The molecule has 0 aliphatic carbocycles. The molecule has 0 fully saturated rings. The molecule has 0 aromatic heterocycles. The van der Waals surface area contributed by atoms with Crippen LogP contribution in [-0.2, 0) is 19.1 Å². The van der Waals surface area contributed by atoms with E-state index < -0.39 is 23.9 Å². The lowest BCUT2D eigenvalue weighted by Crippen LogP contribution is -2.45. The largest absolute Gasteiger partial charge is 0.481 e. The van der Waals surface area contributed by atoms with E-state index >= 15 is 0 Å². The summed E-state index contributed by atoms with van der Waals surface area (Å²) in [5, 5.41) is 10.4. The minimum atomic E-state index is -1.12. The minimum absolute atomic E-state index is 0.204. The first-order chi connectivity index (χ1) is 8.90. The van der Waals surface area contributed by atoms with Crippen LogP contribution in [0.1, 0.15) is 26.7 Å². The highest BCUT2D eigenvalue weighted by atomic mass is 16.5. The van der Waals surface area contributed by atoms with Gasteiger partial charge in [-0.05, 0) is 13.8 Å². The molecular weight excluding hydrogens is 256 g/mol. The lowest BCUT2D eigenvalue weighted by molar-refractivity contribution is -0.143. The minimum Gasteiger partial charge on any atom is -0.481 e. The van der Waals surface area contributed by atoms with E-state index in [9.17, 15) is 19.2 Å². The predicted molar refractivity (Wildman–Crippen MR) is 64.3 cm³/mol. The number of amides is 3. The van der Waals surface area contributed by atoms with Gasteiger partial charge in [0.2, 0.25) is 5.91 Å². The van der Waals surface area contributed by atoms with E-state index in [0.717, 1.165) is 4.90 Å². The molecule has 0 saturated carbocycles. The Morgan fingerprint density at radius 1 is 1.16 bits per heavy atom. The summed E-state index contributed by atoms with van der Waals surface area (Å²) in [7, 11) is 0. The summed E-state index contributed by atoms with van der Waals surface area (Å²) >= 11 is 0. The Morgan fingerprint density at radius 2 is 1.79 bits per heavy atom. The molecule has 0 unspecified atom stereocenters. The average Bonchev–Trinajstić information content (AvgIpc) is 2.33. The smallest absolute Gasteiger partial charge is 0.325 e. The average molecular weight is 274 g/mol. The van der Waals surface area contributed by atoms with Crippen LogP contribution in [0.15, 0.2) is 0 Å². The van der Waals surface area contributed by atoms with Gasteiger partial charge in [0.05, 0.1) is 13.0 Å². The Labute approximate surface area is 110 Å². The van der Waals surface area contributed by atoms with Crippen molar-refractivity contribution in [3.8, 4) is 0 Å². The number of aliphatic carboxylic acids is 1. The topological polar surface area (TPSA) is 113 Å². The second-order valence-corrected chi connectivity index (χ2v) is 3.57. The van der Waals surface area contributed by atoms with Gasteiger partial charge in [-0.25, -0.2) is 4.79 Å². The molecule has 0 aromatic carbocycles. The third-order valence-electron chi connectivity index (χ3n) is 2.11. The third kappa shape index (κ3) is 7.74. The van der Waals surface area contributed by atoms with Crippen molar-refractivity contribution in [2.75, 3.05) is 19.7 Å². The highest BCUT2D eigenvalue weighted by Crippen LogP contribution is 1.94. The maximum Gasteiger partial charge on any atom is 0.325 e. The molecule has 0 rings (SSSR count). The van der Waals surface area contributed by atoms with Gasteiger partial charge in [0.1, 0.15) is 6.54 Å². The lowest BCUT2D eigenvalue weighted by Gasteiger charge is -2.19. The Morgan fingerprint density at radius 3 is 2.26 bits per heavy atom. The van der Waals surface area contributed by atoms with Gasteiger partial charge in [0.25, 0.3) is 0 Å². The van der Waals surface area contributed by atoms with E-state index in [1.54, 1.807) is 13.8 Å². The molecule has 0 aliphatic rings. The number of esters is 1. The zero-order chi connectivity index (χ0) is 14.8. The quantitative estimate of drug-likeness (QED) is 0.630. The summed E-state index contributed by atoms with van der Waals surface area (Å²) in [5.74, 6) is -2.39. The fourth-order valence-corrected chi connectivity index (χ4v) is 1.17. The molecule has 0 aliphatic heterocycles. The second-order valence-electron chi connectivity index (χ2n) is 3.57. The van der Waals surface area contributed by atoms with Gasteiger partial charge in [-0.1, -0.05) is 0 Å². The second kappa shape index (κ2) is 8.90. The number of imide groups is 1. The highest BCUT2D eigenvalue weighted by Gasteiger charge is 2.18. The molecule has 8 nitrogen and oxygen atoms in total. The normalized spacial score (nSPS) is 9.58. The molecule has 8 heteroatoms. The number of carboxylic acid groups (broad SMARTS) is 1. The molecule has 2 N–H and O–H groups in total. The first kappa shape index (κ1) is 16.9. The molecule has 0 radical (unpaired) electrons. The van der Waals surface area contributed by atoms with Crippen LogP contribution in [0.25, 0.3) is 0 Å².